The van der Waals surface area contributed by atoms with Crippen LogP contribution in [0.5, 0.6) is 0 Å². The zero-order valence-corrected chi connectivity index (χ0v) is 12.3. The van der Waals surface area contributed by atoms with Crippen molar-refractivity contribution in [2.75, 3.05) is 0 Å². The molecule has 3 N–H and O–H groups in total. The topological polar surface area (TPSA) is 69.6 Å². The Labute approximate surface area is 104 Å². The predicted molar refractivity (Wildman–Crippen MR) is 62.7 cm³/mol. The molecule has 0 amide bonds. The van der Waals surface area contributed by atoms with Crippen LogP contribution in [-0.4, -0.2) is 63.4 Å². The predicted octanol–water partition coefficient (Wildman–Crippen LogP) is -0.341. The second-order valence-electron chi connectivity index (χ2n) is 3.10. The third-order valence-electron chi connectivity index (χ3n) is 1.91. The number of carbonyl (C=O) groups is 1. The van der Waals surface area contributed by atoms with Gasteiger partial charge < -0.3 is 0 Å². The normalized spacial score (nSPS) is 14.3. The number of nitrogens with one attached hydrogen (secondary N) is 1. The third-order valence-corrected chi connectivity index (χ3v) is 4.08. The monoisotopic (exact) mass is 347 g/mol. The van der Waals surface area contributed by atoms with Crippen LogP contribution in [0, 0.1) is 0 Å². The number of carboxylic acids is 1. The van der Waals surface area contributed by atoms with Gasteiger partial charge in [0.2, 0.25) is 0 Å². The van der Waals surface area contributed by atoms with Crippen molar-refractivity contribution in [1.29, 1.82) is 0 Å². The fourth-order valence-corrected chi connectivity index (χ4v) is 2.58. The molecule has 0 aliphatic carbocycles. The molecule has 0 radical (unpaired) electrons. The van der Waals surface area contributed by atoms with Crippen LogP contribution in [0.15, 0.2) is 0 Å². The second kappa shape index (κ2) is 8.31. The molecule has 0 bridgehead atoms. The van der Waals surface area contributed by atoms with Crippen LogP contribution >= 0.6 is 0 Å². The minimum absolute atomic E-state index is 0.483. The first kappa shape index (κ1) is 15.1. The Morgan fingerprint density at radius 1 is 1.60 bits per heavy atom. The van der Waals surface area contributed by atoms with Gasteiger partial charge in [-0.2, -0.15) is 0 Å². The third kappa shape index (κ3) is 6.33. The van der Waals surface area contributed by atoms with E-state index in [0.717, 1.165) is 5.32 Å². The van der Waals surface area contributed by atoms with E-state index in [2.05, 4.69) is 26.7 Å². The summed E-state index contributed by atoms with van der Waals surface area (Å²) in [4.78, 5) is 10.9. The molecule has 0 aliphatic heterocycles. The van der Waals surface area contributed by atoms with Crippen molar-refractivity contribution in [3.8, 4) is 0 Å². The minimum atomic E-state index is -0.865. The number of hydrogen-bond donors (Lipinski definition) is 3. The fourth-order valence-electron chi connectivity index (χ4n) is 0.946. The van der Waals surface area contributed by atoms with Gasteiger partial charge in [0.05, 0.1) is 0 Å². The quantitative estimate of drug-likeness (QED) is 0.527. The van der Waals surface area contributed by atoms with Gasteiger partial charge in [0, 0.05) is 0 Å². The standard InChI is InChI=1S/C9H17NO3Se2/c1-3-7(11)8(14)10-6(9(12)13)4-5-15-2/h6-7,11H,3-5H2,1-2H3,(H,10,14)(H,12,13)/t6-,7?/m0/s1. The van der Waals surface area contributed by atoms with Gasteiger partial charge in [-0.25, -0.2) is 0 Å². The Morgan fingerprint density at radius 3 is 2.60 bits per heavy atom. The van der Waals surface area contributed by atoms with E-state index in [4.69, 9.17) is 5.11 Å². The number of carboxylic acid groups (broad SMARTS) is 1. The van der Waals surface area contributed by atoms with Crippen molar-refractivity contribution in [3.05, 3.63) is 0 Å². The molecular formula is C9H17NO3Se2. The molecule has 0 aromatic rings. The summed E-state index contributed by atoms with van der Waals surface area (Å²) in [5.41, 5.74) is 0. The molecule has 4 nitrogen and oxygen atoms in total. The van der Waals surface area contributed by atoms with Gasteiger partial charge in [0.15, 0.2) is 0 Å². The molecule has 15 heavy (non-hydrogen) atoms. The van der Waals surface area contributed by atoms with Gasteiger partial charge in [-0.15, -0.1) is 0 Å². The summed E-state index contributed by atoms with van der Waals surface area (Å²) in [6, 6.07) is -0.593. The molecule has 1 unspecified atom stereocenters. The van der Waals surface area contributed by atoms with Gasteiger partial charge in [-0.05, 0) is 0 Å². The number of aliphatic carboxylic acids is 1. The van der Waals surface area contributed by atoms with Crippen molar-refractivity contribution in [3.63, 3.8) is 0 Å². The van der Waals surface area contributed by atoms with Crippen molar-refractivity contribution >= 4 is 41.0 Å². The van der Waals surface area contributed by atoms with Gasteiger partial charge in [-0.3, -0.25) is 0 Å². The zero-order chi connectivity index (χ0) is 11.8. The molecule has 0 rings (SSSR count). The first-order valence-corrected chi connectivity index (χ1v) is 8.51. The Balaban J connectivity index is 4.16. The summed E-state index contributed by atoms with van der Waals surface area (Å²) in [5, 5.41) is 22.1. The summed E-state index contributed by atoms with van der Waals surface area (Å²) in [6.45, 7) is 1.84. The fraction of sp³-hybridized carbons (Fsp3) is 0.778. The van der Waals surface area contributed by atoms with Crippen LogP contribution < -0.4 is 5.32 Å². The summed E-state index contributed by atoms with van der Waals surface area (Å²) in [6.07, 6.45) is 0.561. The maximum atomic E-state index is 10.9. The molecule has 0 aromatic heterocycles. The number of aliphatic hydroxyl groups excluding tert-OH is 1. The molecule has 88 valence electrons. The molecule has 2 atom stereocenters. The van der Waals surface area contributed by atoms with Crippen LogP contribution in [0.2, 0.25) is 11.1 Å². The molecule has 0 fully saturated rings. The number of aliphatic hydroxyl groups is 1. The average molecular weight is 345 g/mol. The van der Waals surface area contributed by atoms with Crippen molar-refractivity contribution in [2.24, 2.45) is 0 Å². The molecule has 0 aliphatic rings. The second-order valence-corrected chi connectivity index (χ2v) is 6.10. The van der Waals surface area contributed by atoms with Crippen molar-refractivity contribution < 1.29 is 15.0 Å². The van der Waals surface area contributed by atoms with Crippen molar-refractivity contribution in [1.82, 2.24) is 5.32 Å². The summed E-state index contributed by atoms with van der Waals surface area (Å²) in [5.74, 6) is 1.21. The van der Waals surface area contributed by atoms with Crippen LogP contribution in [0.4, 0.5) is 0 Å². The molecule has 6 heteroatoms. The van der Waals surface area contributed by atoms with Crippen LogP contribution in [0.1, 0.15) is 19.8 Å². The van der Waals surface area contributed by atoms with E-state index in [1.54, 1.807) is 0 Å². The van der Waals surface area contributed by atoms with Crippen LogP contribution in [-0.2, 0) is 4.79 Å². The Bertz CT molecular complexity index is 223. The van der Waals surface area contributed by atoms with Crippen LogP contribution in [0.25, 0.3) is 0 Å². The van der Waals surface area contributed by atoms with E-state index in [-0.39, 0.29) is 0 Å². The first-order chi connectivity index (χ1) is 7.02. The molecule has 0 saturated carbocycles. The number of hydrogen-bond acceptors (Lipinski definition) is 3. The molecular weight excluding hydrogens is 328 g/mol. The van der Waals surface area contributed by atoms with E-state index in [0.29, 0.717) is 32.3 Å². The maximum absolute atomic E-state index is 10.9. The van der Waals surface area contributed by atoms with Gasteiger partial charge in [0.25, 0.3) is 0 Å². The summed E-state index contributed by atoms with van der Waals surface area (Å²) in [7, 11) is 0. The molecule has 0 spiro atoms. The Morgan fingerprint density at radius 2 is 2.20 bits per heavy atom. The molecule has 0 heterocycles. The number of rotatable bonds is 8. The summed E-state index contributed by atoms with van der Waals surface area (Å²) >= 11 is 3.17. The molecule has 0 aromatic carbocycles. The van der Waals surface area contributed by atoms with Crippen LogP contribution in [0.3, 0.4) is 0 Å². The van der Waals surface area contributed by atoms with E-state index in [1.807, 2.05) is 6.92 Å². The van der Waals surface area contributed by atoms with Crippen molar-refractivity contribution in [2.45, 2.75) is 43.1 Å². The van der Waals surface area contributed by atoms with Gasteiger partial charge in [0.1, 0.15) is 0 Å². The Hall–Kier alpha value is 0.139. The Kier molecular flexibility index (Phi) is 8.39. The zero-order valence-electron chi connectivity index (χ0n) is 8.90. The van der Waals surface area contributed by atoms with E-state index >= 15 is 0 Å². The van der Waals surface area contributed by atoms with E-state index in [1.165, 1.54) is 0 Å². The van der Waals surface area contributed by atoms with Gasteiger partial charge in [-0.1, -0.05) is 0 Å². The summed E-state index contributed by atoms with van der Waals surface area (Å²) < 4.78 is 0.522. The van der Waals surface area contributed by atoms with E-state index in [9.17, 15) is 9.90 Å². The van der Waals surface area contributed by atoms with E-state index < -0.39 is 18.1 Å². The average Bonchev–Trinajstić information content (AvgIpc) is 2.22. The SMILES string of the molecule is CCC(O)C(=[Se])N[C@@H](CC[Se]C)C(=O)O. The molecule has 0 saturated heterocycles. The van der Waals surface area contributed by atoms with Gasteiger partial charge >= 0.3 is 104 Å². The first-order valence-electron chi connectivity index (χ1n) is 4.73.